The topological polar surface area (TPSA) is 73.8 Å². The zero-order chi connectivity index (χ0) is 19.3. The molecule has 0 aliphatic rings. The second-order valence-corrected chi connectivity index (χ2v) is 9.33. The summed E-state index contributed by atoms with van der Waals surface area (Å²) >= 11 is 0. The summed E-state index contributed by atoms with van der Waals surface area (Å²) in [5.41, 5.74) is 0.873. The Balaban J connectivity index is 2.91. The summed E-state index contributed by atoms with van der Waals surface area (Å²) in [7, 11) is -1.85. The summed E-state index contributed by atoms with van der Waals surface area (Å²) in [6.07, 6.45) is 0. The fourth-order valence-electron chi connectivity index (χ4n) is 2.04. The molecule has 1 aromatic carbocycles. The van der Waals surface area contributed by atoms with Gasteiger partial charge in [0.15, 0.2) is 5.96 Å². The van der Waals surface area contributed by atoms with Gasteiger partial charge in [0.05, 0.1) is 11.4 Å². The van der Waals surface area contributed by atoms with Crippen LogP contribution in [0.1, 0.15) is 47.1 Å². The fourth-order valence-corrected chi connectivity index (χ4v) is 3.41. The molecule has 6 nitrogen and oxygen atoms in total. The Labute approximate surface area is 152 Å². The highest BCUT2D eigenvalue weighted by Crippen LogP contribution is 2.17. The van der Waals surface area contributed by atoms with Crippen LogP contribution < -0.4 is 10.6 Å². The Kier molecular flexibility index (Phi) is 7.44. The van der Waals surface area contributed by atoms with Gasteiger partial charge in [0.2, 0.25) is 10.0 Å². The van der Waals surface area contributed by atoms with Crippen LogP contribution in [0.5, 0.6) is 0 Å². The molecule has 0 amide bonds. The van der Waals surface area contributed by atoms with Crippen LogP contribution in [0, 0.1) is 0 Å². The highest BCUT2D eigenvalue weighted by molar-refractivity contribution is 7.89. The van der Waals surface area contributed by atoms with E-state index in [4.69, 9.17) is 0 Å². The van der Waals surface area contributed by atoms with Crippen LogP contribution in [0.2, 0.25) is 0 Å². The first-order valence-corrected chi connectivity index (χ1v) is 10.0. The van der Waals surface area contributed by atoms with Crippen LogP contribution in [-0.4, -0.2) is 43.9 Å². The van der Waals surface area contributed by atoms with E-state index in [-0.39, 0.29) is 11.6 Å². The molecule has 0 aliphatic heterocycles. The minimum absolute atomic E-state index is 0.0829. The Morgan fingerprint density at radius 2 is 1.76 bits per heavy atom. The van der Waals surface area contributed by atoms with E-state index < -0.39 is 10.0 Å². The largest absolute Gasteiger partial charge is 0.357 e. The SMILES string of the molecule is CCNC(=NCc1ccc(S(=O)(=O)N(C)C(C)C)cc1)NC(C)(C)C. The summed E-state index contributed by atoms with van der Waals surface area (Å²) in [6.45, 7) is 13.2. The maximum absolute atomic E-state index is 12.5. The Bertz CT molecular complexity index is 674. The molecule has 0 saturated carbocycles. The van der Waals surface area contributed by atoms with Gasteiger partial charge in [-0.3, -0.25) is 0 Å². The van der Waals surface area contributed by atoms with Gasteiger partial charge in [-0.15, -0.1) is 0 Å². The van der Waals surface area contributed by atoms with Gasteiger partial charge in [-0.1, -0.05) is 12.1 Å². The number of sulfonamides is 1. The maximum atomic E-state index is 12.5. The third-order valence-electron chi connectivity index (χ3n) is 3.58. The summed E-state index contributed by atoms with van der Waals surface area (Å²) in [5.74, 6) is 0.742. The van der Waals surface area contributed by atoms with Crippen LogP contribution in [0.3, 0.4) is 0 Å². The van der Waals surface area contributed by atoms with Crippen molar-refractivity contribution >= 4 is 16.0 Å². The fraction of sp³-hybridized carbons (Fsp3) is 0.611. The van der Waals surface area contributed by atoms with Gasteiger partial charge >= 0.3 is 0 Å². The molecule has 0 aromatic heterocycles. The number of hydrogen-bond donors (Lipinski definition) is 2. The zero-order valence-electron chi connectivity index (χ0n) is 16.4. The normalized spacial score (nSPS) is 13.4. The number of nitrogens with zero attached hydrogens (tertiary/aromatic N) is 2. The monoisotopic (exact) mass is 368 g/mol. The minimum Gasteiger partial charge on any atom is -0.357 e. The first-order chi connectivity index (χ1) is 11.5. The highest BCUT2D eigenvalue weighted by Gasteiger charge is 2.22. The van der Waals surface area contributed by atoms with E-state index in [9.17, 15) is 8.42 Å². The lowest BCUT2D eigenvalue weighted by Gasteiger charge is -2.23. The molecule has 0 fully saturated rings. The number of rotatable bonds is 6. The highest BCUT2D eigenvalue weighted by atomic mass is 32.2. The van der Waals surface area contributed by atoms with Gasteiger partial charge in [-0.2, -0.15) is 4.31 Å². The van der Waals surface area contributed by atoms with Gasteiger partial charge in [0, 0.05) is 25.2 Å². The molecular weight excluding hydrogens is 336 g/mol. The van der Waals surface area contributed by atoms with Crippen molar-refractivity contribution in [2.24, 2.45) is 4.99 Å². The van der Waals surface area contributed by atoms with E-state index in [1.54, 1.807) is 19.2 Å². The third kappa shape index (κ3) is 6.66. The van der Waals surface area contributed by atoms with E-state index in [1.165, 1.54) is 4.31 Å². The summed E-state index contributed by atoms with van der Waals surface area (Å²) in [4.78, 5) is 4.86. The summed E-state index contributed by atoms with van der Waals surface area (Å²) in [6, 6.07) is 6.82. The lowest BCUT2D eigenvalue weighted by molar-refractivity contribution is 0.410. The molecule has 1 rings (SSSR count). The van der Waals surface area contributed by atoms with E-state index in [0.717, 1.165) is 18.1 Å². The minimum atomic E-state index is -3.45. The predicted molar refractivity (Wildman–Crippen MR) is 104 cm³/mol. The Morgan fingerprint density at radius 1 is 1.20 bits per heavy atom. The molecule has 25 heavy (non-hydrogen) atoms. The molecule has 0 heterocycles. The molecule has 7 heteroatoms. The standard InChI is InChI=1S/C18H32N4O2S/c1-8-19-17(21-18(4,5)6)20-13-15-9-11-16(12-10-15)25(23,24)22(7)14(2)3/h9-12,14H,8,13H2,1-7H3,(H2,19,20,21). The molecule has 0 aliphatic carbocycles. The average molecular weight is 369 g/mol. The van der Waals surface area contributed by atoms with Crippen LogP contribution in [0.15, 0.2) is 34.2 Å². The van der Waals surface area contributed by atoms with Crippen LogP contribution in [-0.2, 0) is 16.6 Å². The first-order valence-electron chi connectivity index (χ1n) is 8.61. The molecule has 0 unspecified atom stereocenters. The van der Waals surface area contributed by atoms with Gasteiger partial charge in [-0.25, -0.2) is 13.4 Å². The van der Waals surface area contributed by atoms with Crippen molar-refractivity contribution in [2.75, 3.05) is 13.6 Å². The quantitative estimate of drug-likeness (QED) is 0.598. The average Bonchev–Trinajstić information content (AvgIpc) is 2.51. The molecule has 0 radical (unpaired) electrons. The number of nitrogens with one attached hydrogen (secondary N) is 2. The van der Waals surface area contributed by atoms with Crippen molar-refractivity contribution in [1.82, 2.24) is 14.9 Å². The Morgan fingerprint density at radius 3 is 2.20 bits per heavy atom. The Hall–Kier alpha value is -1.60. The first kappa shape index (κ1) is 21.4. The van der Waals surface area contributed by atoms with Gasteiger partial charge in [0.25, 0.3) is 0 Å². The summed E-state index contributed by atoms with van der Waals surface area (Å²) < 4.78 is 26.3. The molecule has 142 valence electrons. The molecule has 0 saturated heterocycles. The number of hydrogen-bond acceptors (Lipinski definition) is 3. The van der Waals surface area contributed by atoms with Gasteiger partial charge in [0.1, 0.15) is 0 Å². The second-order valence-electron chi connectivity index (χ2n) is 7.33. The number of aliphatic imine (C=N–C) groups is 1. The van der Waals surface area contributed by atoms with Crippen molar-refractivity contribution in [3.8, 4) is 0 Å². The zero-order valence-corrected chi connectivity index (χ0v) is 17.2. The van der Waals surface area contributed by atoms with E-state index in [1.807, 2.05) is 32.9 Å². The molecule has 1 aromatic rings. The van der Waals surface area contributed by atoms with Crippen molar-refractivity contribution < 1.29 is 8.42 Å². The van der Waals surface area contributed by atoms with Crippen molar-refractivity contribution in [1.29, 1.82) is 0 Å². The van der Waals surface area contributed by atoms with E-state index in [2.05, 4.69) is 36.4 Å². The number of benzene rings is 1. The molecule has 0 atom stereocenters. The van der Waals surface area contributed by atoms with Crippen LogP contribution >= 0.6 is 0 Å². The summed E-state index contributed by atoms with van der Waals surface area (Å²) in [5, 5.41) is 6.54. The molecular formula is C18H32N4O2S. The van der Waals surface area contributed by atoms with E-state index in [0.29, 0.717) is 11.4 Å². The lowest BCUT2D eigenvalue weighted by Crippen LogP contribution is -2.47. The smallest absolute Gasteiger partial charge is 0.243 e. The van der Waals surface area contributed by atoms with Crippen LogP contribution in [0.25, 0.3) is 0 Å². The molecule has 0 spiro atoms. The lowest BCUT2D eigenvalue weighted by atomic mass is 10.1. The van der Waals surface area contributed by atoms with E-state index >= 15 is 0 Å². The van der Waals surface area contributed by atoms with Crippen molar-refractivity contribution in [3.63, 3.8) is 0 Å². The maximum Gasteiger partial charge on any atom is 0.243 e. The second kappa shape index (κ2) is 8.67. The number of guanidine groups is 1. The molecule has 0 bridgehead atoms. The van der Waals surface area contributed by atoms with Gasteiger partial charge in [-0.05, 0) is 59.2 Å². The third-order valence-corrected chi connectivity index (χ3v) is 5.63. The predicted octanol–water partition coefficient (Wildman–Crippen LogP) is 2.57. The van der Waals surface area contributed by atoms with Crippen molar-refractivity contribution in [3.05, 3.63) is 29.8 Å². The van der Waals surface area contributed by atoms with Gasteiger partial charge < -0.3 is 10.6 Å². The molecule has 2 N–H and O–H groups in total. The van der Waals surface area contributed by atoms with Crippen molar-refractivity contribution in [2.45, 2.75) is 64.6 Å². The van der Waals surface area contributed by atoms with Crippen LogP contribution in [0.4, 0.5) is 0 Å².